The molecule has 0 N–H and O–H groups in total. The summed E-state index contributed by atoms with van der Waals surface area (Å²) in [5, 5.41) is 1.47. The highest BCUT2D eigenvalue weighted by molar-refractivity contribution is 7.20. The van der Waals surface area contributed by atoms with Gasteiger partial charge in [-0.3, -0.25) is 0 Å². The van der Waals surface area contributed by atoms with E-state index in [2.05, 4.69) is 4.98 Å². The molecule has 2 aromatic heterocycles. The van der Waals surface area contributed by atoms with Crippen LogP contribution in [0.5, 0.6) is 0 Å². The number of fused-ring (bicyclic) bond motifs is 1. The van der Waals surface area contributed by atoms with Crippen LogP contribution in [0.2, 0.25) is 5.15 Å². The second-order valence-corrected chi connectivity index (χ2v) is 5.68. The van der Waals surface area contributed by atoms with Crippen LogP contribution in [0.4, 0.5) is 0 Å². The number of thiophene rings is 1. The molecular formula is C15H10ClNO2S. The average molecular weight is 304 g/mol. The minimum absolute atomic E-state index is 0.192. The van der Waals surface area contributed by atoms with E-state index in [1.54, 1.807) is 18.3 Å². The molecular weight excluding hydrogens is 294 g/mol. The summed E-state index contributed by atoms with van der Waals surface area (Å²) in [6.45, 7) is 0.192. The number of halogens is 1. The van der Waals surface area contributed by atoms with E-state index in [-0.39, 0.29) is 12.6 Å². The van der Waals surface area contributed by atoms with E-state index in [1.807, 2.05) is 30.3 Å². The van der Waals surface area contributed by atoms with E-state index in [4.69, 9.17) is 16.3 Å². The van der Waals surface area contributed by atoms with Crippen LogP contribution in [0.25, 0.3) is 10.1 Å². The fourth-order valence-corrected chi connectivity index (χ4v) is 2.86. The molecule has 3 rings (SSSR count). The smallest absolute Gasteiger partial charge is 0.348 e. The maximum atomic E-state index is 12.0. The summed E-state index contributed by atoms with van der Waals surface area (Å²) in [7, 11) is 0. The lowest BCUT2D eigenvalue weighted by atomic mass is 10.2. The quantitative estimate of drug-likeness (QED) is 0.535. The molecule has 0 bridgehead atoms. The third-order valence-corrected chi connectivity index (χ3v) is 4.10. The zero-order valence-corrected chi connectivity index (χ0v) is 11.9. The van der Waals surface area contributed by atoms with Gasteiger partial charge in [-0.15, -0.1) is 11.3 Å². The highest BCUT2D eigenvalue weighted by Gasteiger charge is 2.11. The van der Waals surface area contributed by atoms with E-state index in [9.17, 15) is 4.79 Å². The minimum Gasteiger partial charge on any atom is -0.457 e. The van der Waals surface area contributed by atoms with Gasteiger partial charge in [-0.2, -0.15) is 0 Å². The van der Waals surface area contributed by atoms with E-state index < -0.39 is 0 Å². The number of ether oxygens (including phenoxy) is 1. The third kappa shape index (κ3) is 2.81. The van der Waals surface area contributed by atoms with Crippen LogP contribution >= 0.6 is 22.9 Å². The van der Waals surface area contributed by atoms with Crippen molar-refractivity contribution in [2.75, 3.05) is 0 Å². The number of pyridine rings is 1. The van der Waals surface area contributed by atoms with E-state index in [1.165, 1.54) is 11.3 Å². The average Bonchev–Trinajstić information content (AvgIpc) is 2.90. The van der Waals surface area contributed by atoms with Crippen molar-refractivity contribution < 1.29 is 9.53 Å². The first-order chi connectivity index (χ1) is 9.72. The standard InChI is InChI=1S/C15H10ClNO2S/c16-14-6-5-10(8-17-14)9-19-15(18)13-7-11-3-1-2-4-12(11)20-13/h1-8H,9H2. The van der Waals surface area contributed by atoms with Gasteiger partial charge in [0.05, 0.1) is 0 Å². The number of rotatable bonds is 3. The molecule has 5 heteroatoms. The maximum Gasteiger partial charge on any atom is 0.348 e. The number of carbonyl (C=O) groups excluding carboxylic acids is 1. The fraction of sp³-hybridized carbons (Fsp3) is 0.0667. The number of benzene rings is 1. The molecule has 100 valence electrons. The van der Waals surface area contributed by atoms with Crippen LogP contribution in [-0.4, -0.2) is 11.0 Å². The van der Waals surface area contributed by atoms with Gasteiger partial charge in [-0.05, 0) is 23.6 Å². The highest BCUT2D eigenvalue weighted by Crippen LogP contribution is 2.26. The van der Waals surface area contributed by atoms with Crippen LogP contribution < -0.4 is 0 Å². The lowest BCUT2D eigenvalue weighted by Gasteiger charge is -2.02. The molecule has 0 aliphatic rings. The SMILES string of the molecule is O=C(OCc1ccc(Cl)nc1)c1cc2ccccc2s1. The Morgan fingerprint density at radius 3 is 2.85 bits per heavy atom. The summed E-state index contributed by atoms with van der Waals surface area (Å²) in [6, 6.07) is 13.2. The van der Waals surface area contributed by atoms with Crippen molar-refractivity contribution in [2.45, 2.75) is 6.61 Å². The van der Waals surface area contributed by atoms with Crippen molar-refractivity contribution in [3.05, 3.63) is 64.3 Å². The molecule has 0 aliphatic heterocycles. The topological polar surface area (TPSA) is 39.2 Å². The molecule has 1 aromatic carbocycles. The van der Waals surface area contributed by atoms with Crippen LogP contribution in [0.1, 0.15) is 15.2 Å². The lowest BCUT2D eigenvalue weighted by molar-refractivity contribution is 0.0478. The molecule has 3 nitrogen and oxygen atoms in total. The van der Waals surface area contributed by atoms with Gasteiger partial charge in [-0.25, -0.2) is 9.78 Å². The summed E-state index contributed by atoms with van der Waals surface area (Å²) in [6.07, 6.45) is 1.60. The molecule has 0 fully saturated rings. The number of esters is 1. The summed E-state index contributed by atoms with van der Waals surface area (Å²) in [5.41, 5.74) is 0.809. The Morgan fingerprint density at radius 2 is 2.10 bits per heavy atom. The summed E-state index contributed by atoms with van der Waals surface area (Å²) in [5.74, 6) is -0.318. The largest absolute Gasteiger partial charge is 0.457 e. The van der Waals surface area contributed by atoms with E-state index in [0.717, 1.165) is 15.6 Å². The molecule has 20 heavy (non-hydrogen) atoms. The Bertz CT molecular complexity index is 719. The number of aromatic nitrogens is 1. The summed E-state index contributed by atoms with van der Waals surface area (Å²) >= 11 is 7.13. The first kappa shape index (κ1) is 13.1. The molecule has 2 heterocycles. The maximum absolute atomic E-state index is 12.0. The van der Waals surface area contributed by atoms with Gasteiger partial charge in [0.1, 0.15) is 16.6 Å². The second kappa shape index (κ2) is 5.61. The number of nitrogens with zero attached hydrogens (tertiary/aromatic N) is 1. The molecule has 0 spiro atoms. The van der Waals surface area contributed by atoms with Gasteiger partial charge in [0.15, 0.2) is 0 Å². The van der Waals surface area contributed by atoms with Gasteiger partial charge in [0.2, 0.25) is 0 Å². The van der Waals surface area contributed by atoms with Crippen molar-refractivity contribution in [3.8, 4) is 0 Å². The first-order valence-corrected chi connectivity index (χ1v) is 7.18. The zero-order valence-electron chi connectivity index (χ0n) is 10.4. The van der Waals surface area contributed by atoms with Gasteiger partial charge in [0.25, 0.3) is 0 Å². The van der Waals surface area contributed by atoms with E-state index >= 15 is 0 Å². The van der Waals surface area contributed by atoms with Crippen LogP contribution in [0.3, 0.4) is 0 Å². The van der Waals surface area contributed by atoms with Gasteiger partial charge in [-0.1, -0.05) is 35.9 Å². The molecule has 0 unspecified atom stereocenters. The Kier molecular flexibility index (Phi) is 3.67. The Morgan fingerprint density at radius 1 is 1.25 bits per heavy atom. The number of hydrogen-bond donors (Lipinski definition) is 0. The number of carbonyl (C=O) groups is 1. The van der Waals surface area contributed by atoms with Crippen LogP contribution in [0.15, 0.2) is 48.7 Å². The van der Waals surface area contributed by atoms with Crippen LogP contribution in [-0.2, 0) is 11.3 Å². The Balaban J connectivity index is 1.71. The Labute approximate surface area is 124 Å². The summed E-state index contributed by atoms with van der Waals surface area (Å²) < 4.78 is 6.35. The second-order valence-electron chi connectivity index (χ2n) is 4.21. The first-order valence-electron chi connectivity index (χ1n) is 5.98. The van der Waals surface area contributed by atoms with Crippen molar-refractivity contribution in [3.63, 3.8) is 0 Å². The van der Waals surface area contributed by atoms with Crippen molar-refractivity contribution in [1.29, 1.82) is 0 Å². The highest BCUT2D eigenvalue weighted by atomic mass is 35.5. The molecule has 0 atom stereocenters. The monoisotopic (exact) mass is 303 g/mol. The fourth-order valence-electron chi connectivity index (χ4n) is 1.79. The molecule has 0 saturated carbocycles. The van der Waals surface area contributed by atoms with Gasteiger partial charge < -0.3 is 4.74 Å². The van der Waals surface area contributed by atoms with Crippen molar-refractivity contribution >= 4 is 39.0 Å². The van der Waals surface area contributed by atoms with Gasteiger partial charge >= 0.3 is 5.97 Å². The number of hydrogen-bond acceptors (Lipinski definition) is 4. The molecule has 0 aliphatic carbocycles. The molecule has 0 saturated heterocycles. The third-order valence-electron chi connectivity index (χ3n) is 2.79. The lowest BCUT2D eigenvalue weighted by Crippen LogP contribution is -2.03. The molecule has 0 amide bonds. The predicted octanol–water partition coefficient (Wildman–Crippen LogP) is 4.31. The van der Waals surface area contributed by atoms with Gasteiger partial charge in [0, 0.05) is 16.5 Å². The van der Waals surface area contributed by atoms with Crippen LogP contribution in [0, 0.1) is 0 Å². The summed E-state index contributed by atoms with van der Waals surface area (Å²) in [4.78, 5) is 16.5. The minimum atomic E-state index is -0.318. The molecule has 0 radical (unpaired) electrons. The Hall–Kier alpha value is -1.91. The van der Waals surface area contributed by atoms with Crippen molar-refractivity contribution in [2.24, 2.45) is 0 Å². The zero-order chi connectivity index (χ0) is 13.9. The van der Waals surface area contributed by atoms with Crippen molar-refractivity contribution in [1.82, 2.24) is 4.98 Å². The molecule has 3 aromatic rings. The normalized spacial score (nSPS) is 10.7. The predicted molar refractivity (Wildman–Crippen MR) is 80.2 cm³/mol. The van der Waals surface area contributed by atoms with E-state index in [0.29, 0.717) is 10.0 Å².